The standard InChI is InChI=1S/C18H21BrN2O2S/c1-15-2-8-18(9-3-15)24(22,23)21-12-10-20(11-13-21)14-16-4-6-17(19)7-5-16/h2-9H,10-14H2,1H3/p+1. The molecule has 1 aliphatic rings. The largest absolute Gasteiger partial charge is 0.329 e. The van der Waals surface area contributed by atoms with Gasteiger partial charge in [-0.2, -0.15) is 4.31 Å². The predicted molar refractivity (Wildman–Crippen MR) is 98.5 cm³/mol. The van der Waals surface area contributed by atoms with E-state index in [1.807, 2.05) is 31.2 Å². The summed E-state index contributed by atoms with van der Waals surface area (Å²) in [7, 11) is -3.37. The Morgan fingerprint density at radius 1 is 1.00 bits per heavy atom. The third-order valence-electron chi connectivity index (χ3n) is 4.46. The molecule has 0 aromatic heterocycles. The van der Waals surface area contributed by atoms with Crippen molar-refractivity contribution < 1.29 is 13.3 Å². The maximum absolute atomic E-state index is 12.7. The molecule has 128 valence electrons. The van der Waals surface area contributed by atoms with Gasteiger partial charge in [0.25, 0.3) is 0 Å². The quantitative estimate of drug-likeness (QED) is 0.836. The highest BCUT2D eigenvalue weighted by Gasteiger charge is 2.30. The van der Waals surface area contributed by atoms with Crippen molar-refractivity contribution in [1.29, 1.82) is 0 Å². The van der Waals surface area contributed by atoms with E-state index in [-0.39, 0.29) is 0 Å². The third-order valence-corrected chi connectivity index (χ3v) is 6.90. The first-order valence-corrected chi connectivity index (χ1v) is 10.3. The number of piperazine rings is 1. The minimum Gasteiger partial charge on any atom is -0.329 e. The lowest BCUT2D eigenvalue weighted by Crippen LogP contribution is -3.13. The first kappa shape index (κ1) is 17.6. The van der Waals surface area contributed by atoms with Gasteiger partial charge >= 0.3 is 0 Å². The van der Waals surface area contributed by atoms with Crippen molar-refractivity contribution >= 4 is 26.0 Å². The Labute approximate surface area is 152 Å². The molecular weight excluding hydrogens is 388 g/mol. The molecule has 1 aliphatic heterocycles. The Morgan fingerprint density at radius 2 is 1.58 bits per heavy atom. The van der Waals surface area contributed by atoms with E-state index in [0.717, 1.165) is 29.7 Å². The number of sulfonamides is 1. The SMILES string of the molecule is Cc1ccc(S(=O)(=O)N2CC[NH+](Cc3ccc(Br)cc3)CC2)cc1. The average molecular weight is 410 g/mol. The van der Waals surface area contributed by atoms with Gasteiger partial charge in [-0.05, 0) is 31.2 Å². The van der Waals surface area contributed by atoms with E-state index in [1.54, 1.807) is 16.4 Å². The first-order chi connectivity index (χ1) is 11.4. The second-order valence-electron chi connectivity index (χ2n) is 6.27. The fourth-order valence-electron chi connectivity index (χ4n) is 2.97. The third kappa shape index (κ3) is 4.06. The lowest BCUT2D eigenvalue weighted by Gasteiger charge is -2.31. The van der Waals surface area contributed by atoms with E-state index >= 15 is 0 Å². The lowest BCUT2D eigenvalue weighted by molar-refractivity contribution is -0.917. The fraction of sp³-hybridized carbons (Fsp3) is 0.333. The van der Waals surface area contributed by atoms with Gasteiger partial charge in [-0.3, -0.25) is 0 Å². The summed E-state index contributed by atoms with van der Waals surface area (Å²) < 4.78 is 28.1. The fourth-order valence-corrected chi connectivity index (χ4v) is 4.68. The molecule has 0 unspecified atom stereocenters. The first-order valence-electron chi connectivity index (χ1n) is 8.10. The van der Waals surface area contributed by atoms with Crippen LogP contribution in [0.2, 0.25) is 0 Å². The molecule has 0 radical (unpaired) electrons. The van der Waals surface area contributed by atoms with E-state index < -0.39 is 10.0 Å². The van der Waals surface area contributed by atoms with E-state index in [9.17, 15) is 8.42 Å². The average Bonchev–Trinajstić information content (AvgIpc) is 2.58. The van der Waals surface area contributed by atoms with Crippen LogP contribution in [0.1, 0.15) is 11.1 Å². The minimum atomic E-state index is -3.37. The summed E-state index contributed by atoms with van der Waals surface area (Å²) in [4.78, 5) is 1.82. The van der Waals surface area contributed by atoms with Crippen LogP contribution in [0, 0.1) is 6.92 Å². The Morgan fingerprint density at radius 3 is 2.17 bits per heavy atom. The zero-order chi connectivity index (χ0) is 17.2. The molecule has 0 bridgehead atoms. The number of hydrogen-bond donors (Lipinski definition) is 1. The van der Waals surface area contributed by atoms with Crippen LogP contribution in [0.3, 0.4) is 0 Å². The maximum atomic E-state index is 12.7. The minimum absolute atomic E-state index is 0.393. The van der Waals surface area contributed by atoms with Crippen molar-refractivity contribution in [2.75, 3.05) is 26.2 Å². The monoisotopic (exact) mass is 409 g/mol. The summed E-state index contributed by atoms with van der Waals surface area (Å²) in [6.45, 7) is 5.71. The van der Waals surface area contributed by atoms with Crippen molar-refractivity contribution in [3.63, 3.8) is 0 Å². The number of rotatable bonds is 4. The Hall–Kier alpha value is -1.21. The molecule has 6 heteroatoms. The van der Waals surface area contributed by atoms with Crippen molar-refractivity contribution in [3.8, 4) is 0 Å². The molecule has 0 saturated carbocycles. The molecule has 2 aromatic carbocycles. The molecule has 4 nitrogen and oxygen atoms in total. The van der Waals surface area contributed by atoms with E-state index in [1.165, 1.54) is 10.5 Å². The van der Waals surface area contributed by atoms with E-state index in [0.29, 0.717) is 18.0 Å². The molecule has 2 aromatic rings. The van der Waals surface area contributed by atoms with Crippen LogP contribution in [-0.2, 0) is 16.6 Å². The van der Waals surface area contributed by atoms with E-state index in [2.05, 4.69) is 28.1 Å². The summed E-state index contributed by atoms with van der Waals surface area (Å²) in [5.74, 6) is 0. The van der Waals surface area contributed by atoms with Crippen molar-refractivity contribution in [2.24, 2.45) is 0 Å². The number of halogens is 1. The highest BCUT2D eigenvalue weighted by molar-refractivity contribution is 9.10. The Bertz CT molecular complexity index is 781. The van der Waals surface area contributed by atoms with Gasteiger partial charge in [-0.25, -0.2) is 8.42 Å². The molecule has 3 rings (SSSR count). The summed E-state index contributed by atoms with van der Waals surface area (Å²) in [6, 6.07) is 15.4. The van der Waals surface area contributed by atoms with Gasteiger partial charge in [-0.1, -0.05) is 45.8 Å². The highest BCUT2D eigenvalue weighted by Crippen LogP contribution is 2.16. The number of benzene rings is 2. The number of aryl methyl sites for hydroxylation is 1. The van der Waals surface area contributed by atoms with Crippen LogP contribution in [0.5, 0.6) is 0 Å². The highest BCUT2D eigenvalue weighted by atomic mass is 79.9. The molecule has 24 heavy (non-hydrogen) atoms. The van der Waals surface area contributed by atoms with Crippen molar-refractivity contribution in [1.82, 2.24) is 4.31 Å². The lowest BCUT2D eigenvalue weighted by atomic mass is 10.2. The van der Waals surface area contributed by atoms with Crippen LogP contribution >= 0.6 is 15.9 Å². The van der Waals surface area contributed by atoms with Gasteiger partial charge in [0, 0.05) is 10.0 Å². The number of quaternary nitrogens is 1. The molecule has 0 amide bonds. The molecule has 1 N–H and O–H groups in total. The van der Waals surface area contributed by atoms with Gasteiger partial charge in [-0.15, -0.1) is 0 Å². The van der Waals surface area contributed by atoms with Gasteiger partial charge in [0.1, 0.15) is 6.54 Å². The number of nitrogens with zero attached hydrogens (tertiary/aromatic N) is 1. The topological polar surface area (TPSA) is 41.8 Å². The molecule has 0 spiro atoms. The Kier molecular flexibility index (Phi) is 5.39. The van der Waals surface area contributed by atoms with Gasteiger partial charge in [0.05, 0.1) is 31.1 Å². The van der Waals surface area contributed by atoms with Crippen LogP contribution in [0.25, 0.3) is 0 Å². The smallest absolute Gasteiger partial charge is 0.243 e. The number of hydrogen-bond acceptors (Lipinski definition) is 2. The van der Waals surface area contributed by atoms with Gasteiger partial charge in [0.2, 0.25) is 10.0 Å². The molecule has 1 heterocycles. The van der Waals surface area contributed by atoms with Crippen LogP contribution in [0.4, 0.5) is 0 Å². The Balaban J connectivity index is 1.62. The second kappa shape index (κ2) is 7.35. The summed E-state index contributed by atoms with van der Waals surface area (Å²) >= 11 is 3.45. The van der Waals surface area contributed by atoms with E-state index in [4.69, 9.17) is 0 Å². The molecule has 1 fully saturated rings. The van der Waals surface area contributed by atoms with Crippen molar-refractivity contribution in [2.45, 2.75) is 18.4 Å². The summed E-state index contributed by atoms with van der Waals surface area (Å²) in [5.41, 5.74) is 2.35. The van der Waals surface area contributed by atoms with Gasteiger partial charge in [0.15, 0.2) is 0 Å². The van der Waals surface area contributed by atoms with Crippen LogP contribution in [-0.4, -0.2) is 38.9 Å². The van der Waals surface area contributed by atoms with Crippen LogP contribution < -0.4 is 4.90 Å². The van der Waals surface area contributed by atoms with Crippen LogP contribution in [0.15, 0.2) is 57.9 Å². The zero-order valence-corrected chi connectivity index (χ0v) is 16.1. The van der Waals surface area contributed by atoms with Gasteiger partial charge < -0.3 is 4.90 Å². The molecule has 0 atom stereocenters. The van der Waals surface area contributed by atoms with Crippen molar-refractivity contribution in [3.05, 3.63) is 64.1 Å². The molecular formula is C18H22BrN2O2S+. The molecule has 1 saturated heterocycles. The molecule has 0 aliphatic carbocycles. The maximum Gasteiger partial charge on any atom is 0.243 e. The summed E-state index contributed by atoms with van der Waals surface area (Å²) in [5, 5.41) is 0. The zero-order valence-electron chi connectivity index (χ0n) is 13.7. The summed E-state index contributed by atoms with van der Waals surface area (Å²) in [6.07, 6.45) is 0. The normalized spacial score (nSPS) is 17.1. The predicted octanol–water partition coefficient (Wildman–Crippen LogP) is 1.85. The number of nitrogens with one attached hydrogen (secondary N) is 1. The second-order valence-corrected chi connectivity index (χ2v) is 9.12.